The van der Waals surface area contributed by atoms with Crippen molar-refractivity contribution < 1.29 is 23.8 Å². The molecule has 150 valence electrons. The molecular formula is C22H27NO5. The number of ether oxygens (including phenoxy) is 3. The van der Waals surface area contributed by atoms with Gasteiger partial charge in [0.2, 0.25) is 0 Å². The van der Waals surface area contributed by atoms with Crippen molar-refractivity contribution in [3.8, 4) is 16.9 Å². The van der Waals surface area contributed by atoms with Crippen LogP contribution >= 0.6 is 0 Å². The number of carbonyl (C=O) groups excluding carboxylic acids is 2. The Morgan fingerprint density at radius 1 is 0.929 bits per heavy atom. The summed E-state index contributed by atoms with van der Waals surface area (Å²) < 4.78 is 15.6. The molecule has 0 N–H and O–H groups in total. The molecule has 0 bridgehead atoms. The van der Waals surface area contributed by atoms with Crippen molar-refractivity contribution in [2.75, 3.05) is 20.8 Å². The van der Waals surface area contributed by atoms with E-state index in [0.717, 1.165) is 12.2 Å². The van der Waals surface area contributed by atoms with Crippen molar-refractivity contribution in [2.45, 2.75) is 34.1 Å². The van der Waals surface area contributed by atoms with Crippen molar-refractivity contribution in [3.05, 3.63) is 46.8 Å². The molecule has 28 heavy (non-hydrogen) atoms. The lowest BCUT2D eigenvalue weighted by atomic mass is 9.92. The van der Waals surface area contributed by atoms with Crippen LogP contribution in [-0.4, -0.2) is 37.7 Å². The lowest BCUT2D eigenvalue weighted by Gasteiger charge is -2.17. The third-order valence-corrected chi connectivity index (χ3v) is 4.44. The Hall–Kier alpha value is -2.89. The molecule has 0 aliphatic rings. The lowest BCUT2D eigenvalue weighted by molar-refractivity contribution is 0.0599. The Labute approximate surface area is 165 Å². The van der Waals surface area contributed by atoms with Crippen LogP contribution in [0.25, 0.3) is 11.1 Å². The fraction of sp³-hybridized carbons (Fsp3) is 0.409. The molecular weight excluding hydrogens is 358 g/mol. The molecule has 0 saturated carbocycles. The zero-order valence-corrected chi connectivity index (χ0v) is 17.3. The lowest BCUT2D eigenvalue weighted by Crippen LogP contribution is -2.16. The number of benzene rings is 1. The molecule has 1 aromatic heterocycles. The first-order chi connectivity index (χ1) is 13.3. The van der Waals surface area contributed by atoms with Crippen LogP contribution in [0.15, 0.2) is 24.3 Å². The average Bonchev–Trinajstić information content (AvgIpc) is 2.66. The number of aromatic nitrogens is 1. The Kier molecular flexibility index (Phi) is 7.15. The summed E-state index contributed by atoms with van der Waals surface area (Å²) in [6.07, 6.45) is 0.962. The van der Waals surface area contributed by atoms with Crippen LogP contribution < -0.4 is 4.74 Å². The maximum Gasteiger partial charge on any atom is 0.340 e. The SMILES string of the molecule is COC(=O)c1c(C)nc(C)c(C(=O)OC)c1-c1ccc(OCCC(C)C)cc1. The number of esters is 2. The molecule has 2 aromatic rings. The highest BCUT2D eigenvalue weighted by Crippen LogP contribution is 2.33. The molecule has 0 unspecified atom stereocenters. The molecule has 0 amide bonds. The van der Waals surface area contributed by atoms with Crippen LogP contribution in [0.4, 0.5) is 0 Å². The van der Waals surface area contributed by atoms with Gasteiger partial charge in [0.05, 0.1) is 43.3 Å². The molecule has 1 heterocycles. The summed E-state index contributed by atoms with van der Waals surface area (Å²) in [5.41, 5.74) is 2.63. The van der Waals surface area contributed by atoms with Crippen molar-refractivity contribution in [1.29, 1.82) is 0 Å². The molecule has 0 saturated heterocycles. The minimum Gasteiger partial charge on any atom is -0.494 e. The van der Waals surface area contributed by atoms with Gasteiger partial charge < -0.3 is 14.2 Å². The first-order valence-corrected chi connectivity index (χ1v) is 9.21. The highest BCUT2D eigenvalue weighted by molar-refractivity contribution is 6.07. The molecule has 1 aromatic carbocycles. The fourth-order valence-electron chi connectivity index (χ4n) is 2.97. The van der Waals surface area contributed by atoms with Crippen LogP contribution in [0.2, 0.25) is 0 Å². The van der Waals surface area contributed by atoms with Gasteiger partial charge in [-0.05, 0) is 43.9 Å². The zero-order valence-electron chi connectivity index (χ0n) is 17.3. The van der Waals surface area contributed by atoms with E-state index in [1.165, 1.54) is 14.2 Å². The van der Waals surface area contributed by atoms with Crippen molar-refractivity contribution in [1.82, 2.24) is 4.98 Å². The number of hydrogen-bond acceptors (Lipinski definition) is 6. The van der Waals surface area contributed by atoms with Gasteiger partial charge in [0.1, 0.15) is 5.75 Å². The van der Waals surface area contributed by atoms with E-state index in [4.69, 9.17) is 14.2 Å². The van der Waals surface area contributed by atoms with E-state index < -0.39 is 11.9 Å². The highest BCUT2D eigenvalue weighted by Gasteiger charge is 2.27. The molecule has 0 atom stereocenters. The summed E-state index contributed by atoms with van der Waals surface area (Å²) in [6.45, 7) is 8.35. The molecule has 6 heteroatoms. The predicted octanol–water partition coefficient (Wildman–Crippen LogP) is 4.36. The molecule has 2 rings (SSSR count). The van der Waals surface area contributed by atoms with Crippen molar-refractivity contribution >= 4 is 11.9 Å². The van der Waals surface area contributed by atoms with E-state index in [1.807, 2.05) is 24.3 Å². The van der Waals surface area contributed by atoms with Gasteiger partial charge in [-0.25, -0.2) is 9.59 Å². The van der Waals surface area contributed by atoms with Gasteiger partial charge in [-0.3, -0.25) is 4.98 Å². The van der Waals surface area contributed by atoms with Gasteiger partial charge in [0.15, 0.2) is 0 Å². The number of carbonyl (C=O) groups is 2. The number of rotatable bonds is 7. The number of hydrogen-bond donors (Lipinski definition) is 0. The van der Waals surface area contributed by atoms with Crippen molar-refractivity contribution in [2.24, 2.45) is 5.92 Å². The van der Waals surface area contributed by atoms with Gasteiger partial charge in [0.25, 0.3) is 0 Å². The molecule has 0 radical (unpaired) electrons. The van der Waals surface area contributed by atoms with Gasteiger partial charge in [-0.2, -0.15) is 0 Å². The van der Waals surface area contributed by atoms with Crippen LogP contribution in [0, 0.1) is 19.8 Å². The Balaban J connectivity index is 2.56. The van der Waals surface area contributed by atoms with Gasteiger partial charge >= 0.3 is 11.9 Å². The Bertz CT molecular complexity index is 816. The number of aryl methyl sites for hydroxylation is 2. The number of methoxy groups -OCH3 is 2. The van der Waals surface area contributed by atoms with E-state index in [-0.39, 0.29) is 11.1 Å². The van der Waals surface area contributed by atoms with Crippen LogP contribution in [0.3, 0.4) is 0 Å². The quantitative estimate of drug-likeness (QED) is 0.659. The highest BCUT2D eigenvalue weighted by atomic mass is 16.5. The van der Waals surface area contributed by atoms with Crippen LogP contribution in [0.1, 0.15) is 52.4 Å². The topological polar surface area (TPSA) is 74.7 Å². The minimum absolute atomic E-state index is 0.252. The first kappa shape index (κ1) is 21.4. The second kappa shape index (κ2) is 9.35. The predicted molar refractivity (Wildman–Crippen MR) is 107 cm³/mol. The Morgan fingerprint density at radius 2 is 1.43 bits per heavy atom. The third-order valence-electron chi connectivity index (χ3n) is 4.44. The van der Waals surface area contributed by atoms with Crippen LogP contribution in [0.5, 0.6) is 5.75 Å². The maximum atomic E-state index is 12.4. The van der Waals surface area contributed by atoms with Gasteiger partial charge in [-0.1, -0.05) is 26.0 Å². The molecule has 0 fully saturated rings. The number of nitrogens with zero attached hydrogens (tertiary/aromatic N) is 1. The standard InChI is InChI=1S/C22H27NO5/c1-13(2)11-12-28-17-9-7-16(8-10-17)20-18(21(24)26-5)14(3)23-15(4)19(20)22(25)27-6/h7-10,13H,11-12H2,1-6H3. The monoisotopic (exact) mass is 385 g/mol. The smallest absolute Gasteiger partial charge is 0.340 e. The van der Waals surface area contributed by atoms with E-state index in [2.05, 4.69) is 18.8 Å². The van der Waals surface area contributed by atoms with Gasteiger partial charge in [-0.15, -0.1) is 0 Å². The summed E-state index contributed by atoms with van der Waals surface area (Å²) in [5, 5.41) is 0. The molecule has 0 aliphatic carbocycles. The molecule has 0 aliphatic heterocycles. The van der Waals surface area contributed by atoms with E-state index in [9.17, 15) is 9.59 Å². The van der Waals surface area contributed by atoms with Crippen LogP contribution in [-0.2, 0) is 9.47 Å². The first-order valence-electron chi connectivity index (χ1n) is 9.21. The number of pyridine rings is 1. The fourth-order valence-corrected chi connectivity index (χ4v) is 2.97. The zero-order chi connectivity index (χ0) is 20.8. The third kappa shape index (κ3) is 4.68. The van der Waals surface area contributed by atoms with E-state index >= 15 is 0 Å². The summed E-state index contributed by atoms with van der Waals surface area (Å²) in [7, 11) is 2.60. The van der Waals surface area contributed by atoms with E-state index in [1.54, 1.807) is 13.8 Å². The second-order valence-electron chi connectivity index (χ2n) is 6.95. The molecule has 0 spiro atoms. The second-order valence-corrected chi connectivity index (χ2v) is 6.95. The summed E-state index contributed by atoms with van der Waals surface area (Å²) in [5.74, 6) is 0.184. The van der Waals surface area contributed by atoms with Gasteiger partial charge in [0, 0.05) is 5.56 Å². The Morgan fingerprint density at radius 3 is 1.86 bits per heavy atom. The maximum absolute atomic E-state index is 12.4. The summed E-state index contributed by atoms with van der Waals surface area (Å²) >= 11 is 0. The summed E-state index contributed by atoms with van der Waals surface area (Å²) in [6, 6.07) is 7.28. The minimum atomic E-state index is -0.553. The summed E-state index contributed by atoms with van der Waals surface area (Å²) in [4.78, 5) is 29.2. The largest absolute Gasteiger partial charge is 0.494 e. The average molecular weight is 385 g/mol. The van der Waals surface area contributed by atoms with Crippen molar-refractivity contribution in [3.63, 3.8) is 0 Å². The van der Waals surface area contributed by atoms with E-state index in [0.29, 0.717) is 35.0 Å². The normalized spacial score (nSPS) is 10.7. The molecule has 6 nitrogen and oxygen atoms in total.